The molecule has 1 aromatic carbocycles. The Kier molecular flexibility index (Phi) is 5.55. The van der Waals surface area contributed by atoms with Crippen LogP contribution in [0.15, 0.2) is 24.3 Å². The van der Waals surface area contributed by atoms with Gasteiger partial charge < -0.3 is 9.47 Å². The number of carbonyl (C=O) groups excluding carboxylic acids is 2. The maximum Gasteiger partial charge on any atom is 0.573 e. The first-order chi connectivity index (χ1) is 9.24. The van der Waals surface area contributed by atoms with Crippen LogP contribution >= 0.6 is 15.9 Å². The Hall–Kier alpha value is -1.57. The van der Waals surface area contributed by atoms with E-state index in [9.17, 15) is 22.8 Å². The van der Waals surface area contributed by atoms with Gasteiger partial charge in [0.05, 0.1) is 6.61 Å². The lowest BCUT2D eigenvalue weighted by Crippen LogP contribution is -2.26. The van der Waals surface area contributed by atoms with Crippen molar-refractivity contribution in [1.29, 1.82) is 0 Å². The molecule has 0 spiro atoms. The van der Waals surface area contributed by atoms with Crippen LogP contribution in [0, 0.1) is 0 Å². The molecule has 0 aromatic heterocycles. The van der Waals surface area contributed by atoms with Crippen LogP contribution in [0.3, 0.4) is 0 Å². The average molecular weight is 355 g/mol. The van der Waals surface area contributed by atoms with Crippen LogP contribution in [0.5, 0.6) is 5.75 Å². The molecule has 0 amide bonds. The minimum atomic E-state index is -4.80. The Morgan fingerprint density at radius 3 is 2.25 bits per heavy atom. The zero-order chi connectivity index (χ0) is 15.3. The largest absolute Gasteiger partial charge is 0.573 e. The predicted octanol–water partition coefficient (Wildman–Crippen LogP) is 3.09. The first-order valence-corrected chi connectivity index (χ1v) is 6.37. The van der Waals surface area contributed by atoms with E-state index in [4.69, 9.17) is 0 Å². The van der Waals surface area contributed by atoms with Crippen molar-refractivity contribution in [2.75, 3.05) is 6.61 Å². The summed E-state index contributed by atoms with van der Waals surface area (Å²) in [5, 5.41) is 0. The normalized spacial score (nSPS) is 12.7. The van der Waals surface area contributed by atoms with Gasteiger partial charge in [0.25, 0.3) is 0 Å². The van der Waals surface area contributed by atoms with Gasteiger partial charge >= 0.3 is 12.3 Å². The Labute approximate surface area is 121 Å². The molecule has 0 aliphatic carbocycles. The number of rotatable bonds is 5. The maximum absolute atomic E-state index is 12.0. The van der Waals surface area contributed by atoms with Gasteiger partial charge in [-0.1, -0.05) is 15.9 Å². The van der Waals surface area contributed by atoms with Crippen LogP contribution in [0.4, 0.5) is 13.2 Å². The van der Waals surface area contributed by atoms with E-state index < -0.39 is 28.7 Å². The first kappa shape index (κ1) is 16.5. The van der Waals surface area contributed by atoms with Crippen molar-refractivity contribution in [3.05, 3.63) is 29.8 Å². The third-order valence-electron chi connectivity index (χ3n) is 2.10. The lowest BCUT2D eigenvalue weighted by molar-refractivity contribution is -0.274. The molecule has 20 heavy (non-hydrogen) atoms. The van der Waals surface area contributed by atoms with E-state index in [1.54, 1.807) is 6.92 Å². The summed E-state index contributed by atoms with van der Waals surface area (Å²) in [5.41, 5.74) is 0.0643. The number of carbonyl (C=O) groups is 2. The monoisotopic (exact) mass is 354 g/mol. The molecule has 0 radical (unpaired) electrons. The number of benzene rings is 1. The first-order valence-electron chi connectivity index (χ1n) is 5.45. The van der Waals surface area contributed by atoms with Gasteiger partial charge in [0, 0.05) is 5.56 Å². The van der Waals surface area contributed by atoms with Gasteiger partial charge in [-0.05, 0) is 31.2 Å². The number of hydrogen-bond donors (Lipinski definition) is 0. The van der Waals surface area contributed by atoms with E-state index in [1.807, 2.05) is 0 Å². The van der Waals surface area contributed by atoms with E-state index >= 15 is 0 Å². The van der Waals surface area contributed by atoms with Crippen molar-refractivity contribution < 1.29 is 32.2 Å². The van der Waals surface area contributed by atoms with Crippen molar-refractivity contribution in [2.24, 2.45) is 0 Å². The second-order valence-corrected chi connectivity index (χ2v) is 4.47. The smallest absolute Gasteiger partial charge is 0.465 e. The molecule has 0 saturated carbocycles. The van der Waals surface area contributed by atoms with Crippen molar-refractivity contribution in [3.63, 3.8) is 0 Å². The van der Waals surface area contributed by atoms with Crippen molar-refractivity contribution in [1.82, 2.24) is 0 Å². The minimum absolute atomic E-state index is 0.0643. The molecule has 1 rings (SSSR count). The second kappa shape index (κ2) is 6.74. The highest BCUT2D eigenvalue weighted by Crippen LogP contribution is 2.23. The minimum Gasteiger partial charge on any atom is -0.465 e. The standard InChI is InChI=1S/C12H10BrF3O4/c1-2-19-11(18)9(13)10(17)7-3-5-8(6-4-7)20-12(14,15)16/h3-6,9H,2H2,1H3. The van der Waals surface area contributed by atoms with E-state index in [0.29, 0.717) is 0 Å². The van der Waals surface area contributed by atoms with Crippen LogP contribution in [0.2, 0.25) is 0 Å². The lowest BCUT2D eigenvalue weighted by Gasteiger charge is -2.10. The zero-order valence-corrected chi connectivity index (χ0v) is 11.8. The third-order valence-corrected chi connectivity index (χ3v) is 2.89. The maximum atomic E-state index is 12.0. The molecule has 1 atom stereocenters. The highest BCUT2D eigenvalue weighted by Gasteiger charge is 2.31. The van der Waals surface area contributed by atoms with Crippen LogP contribution in [-0.2, 0) is 9.53 Å². The molecule has 4 nitrogen and oxygen atoms in total. The molecule has 0 N–H and O–H groups in total. The summed E-state index contributed by atoms with van der Waals surface area (Å²) in [7, 11) is 0. The number of halogens is 4. The number of esters is 1. The summed E-state index contributed by atoms with van der Waals surface area (Å²) in [6.45, 7) is 1.71. The third kappa shape index (κ3) is 4.84. The van der Waals surface area contributed by atoms with E-state index in [-0.39, 0.29) is 12.2 Å². The molecule has 0 saturated heterocycles. The molecular formula is C12H10BrF3O4. The predicted molar refractivity (Wildman–Crippen MR) is 66.8 cm³/mol. The molecular weight excluding hydrogens is 345 g/mol. The Morgan fingerprint density at radius 2 is 1.80 bits per heavy atom. The SMILES string of the molecule is CCOC(=O)C(Br)C(=O)c1ccc(OC(F)(F)F)cc1. The molecule has 0 fully saturated rings. The van der Waals surface area contributed by atoms with Crippen LogP contribution in [0.1, 0.15) is 17.3 Å². The molecule has 0 bridgehead atoms. The van der Waals surface area contributed by atoms with Gasteiger partial charge in [-0.25, -0.2) is 0 Å². The highest BCUT2D eigenvalue weighted by atomic mass is 79.9. The Morgan fingerprint density at radius 1 is 1.25 bits per heavy atom. The van der Waals surface area contributed by atoms with E-state index in [0.717, 1.165) is 24.3 Å². The molecule has 0 aliphatic heterocycles. The van der Waals surface area contributed by atoms with Gasteiger partial charge in [-0.2, -0.15) is 0 Å². The fourth-order valence-corrected chi connectivity index (χ4v) is 1.69. The van der Waals surface area contributed by atoms with Gasteiger partial charge in [0.15, 0.2) is 10.6 Å². The number of ether oxygens (including phenoxy) is 2. The number of ketones is 1. The molecule has 110 valence electrons. The van der Waals surface area contributed by atoms with Crippen LogP contribution in [-0.4, -0.2) is 29.5 Å². The second-order valence-electron chi connectivity index (χ2n) is 3.55. The summed E-state index contributed by atoms with van der Waals surface area (Å²) in [6.07, 6.45) is -4.80. The summed E-state index contributed by atoms with van der Waals surface area (Å²) in [5.74, 6) is -1.81. The fraction of sp³-hybridized carbons (Fsp3) is 0.333. The summed E-state index contributed by atoms with van der Waals surface area (Å²) in [6, 6.07) is 4.25. The van der Waals surface area contributed by atoms with E-state index in [2.05, 4.69) is 25.4 Å². The lowest BCUT2D eigenvalue weighted by atomic mass is 10.1. The van der Waals surface area contributed by atoms with E-state index in [1.165, 1.54) is 0 Å². The summed E-state index contributed by atoms with van der Waals surface area (Å²) >= 11 is 2.88. The zero-order valence-electron chi connectivity index (χ0n) is 10.2. The molecule has 8 heteroatoms. The number of alkyl halides is 4. The van der Waals surface area contributed by atoms with Gasteiger partial charge in [-0.3, -0.25) is 9.59 Å². The topological polar surface area (TPSA) is 52.6 Å². The summed E-state index contributed by atoms with van der Waals surface area (Å²) in [4.78, 5) is 22.0. The molecule has 0 heterocycles. The van der Waals surface area contributed by atoms with Crippen molar-refractivity contribution in [3.8, 4) is 5.75 Å². The fourth-order valence-electron chi connectivity index (χ4n) is 1.29. The number of Topliss-reactive ketones (excluding diaryl/α,β-unsaturated/α-hetero) is 1. The van der Waals surface area contributed by atoms with Gasteiger partial charge in [0.2, 0.25) is 0 Å². The van der Waals surface area contributed by atoms with Crippen LogP contribution in [0.25, 0.3) is 0 Å². The highest BCUT2D eigenvalue weighted by molar-refractivity contribution is 9.10. The molecule has 0 aliphatic rings. The number of hydrogen-bond acceptors (Lipinski definition) is 4. The Balaban J connectivity index is 2.78. The van der Waals surface area contributed by atoms with Gasteiger partial charge in [-0.15, -0.1) is 13.2 Å². The molecule has 1 aromatic rings. The van der Waals surface area contributed by atoms with Crippen LogP contribution < -0.4 is 4.74 Å². The summed E-state index contributed by atoms with van der Waals surface area (Å²) < 4.78 is 44.2. The van der Waals surface area contributed by atoms with Crippen molar-refractivity contribution >= 4 is 27.7 Å². The molecule has 1 unspecified atom stereocenters. The van der Waals surface area contributed by atoms with Gasteiger partial charge in [0.1, 0.15) is 5.75 Å². The average Bonchev–Trinajstić information content (AvgIpc) is 2.36. The Bertz CT molecular complexity index is 484. The van der Waals surface area contributed by atoms with Crippen molar-refractivity contribution in [2.45, 2.75) is 18.1 Å². The quantitative estimate of drug-likeness (QED) is 0.353.